The highest BCUT2D eigenvalue weighted by Crippen LogP contribution is 2.31. The van der Waals surface area contributed by atoms with Gasteiger partial charge in [-0.1, -0.05) is 20.8 Å². The summed E-state index contributed by atoms with van der Waals surface area (Å²) in [5, 5.41) is 4.40. The van der Waals surface area contributed by atoms with E-state index < -0.39 is 0 Å². The van der Waals surface area contributed by atoms with Crippen LogP contribution >= 0.6 is 11.5 Å². The molecule has 0 spiro atoms. The van der Waals surface area contributed by atoms with E-state index in [2.05, 4.69) is 51.9 Å². The van der Waals surface area contributed by atoms with Gasteiger partial charge >= 0.3 is 0 Å². The van der Waals surface area contributed by atoms with Gasteiger partial charge in [0.15, 0.2) is 0 Å². The van der Waals surface area contributed by atoms with E-state index in [0.717, 1.165) is 42.8 Å². The third-order valence-corrected chi connectivity index (χ3v) is 4.72. The van der Waals surface area contributed by atoms with Gasteiger partial charge in [0.05, 0.1) is 6.04 Å². The van der Waals surface area contributed by atoms with Gasteiger partial charge in [-0.05, 0) is 19.8 Å². The summed E-state index contributed by atoms with van der Waals surface area (Å²) in [5.41, 5.74) is -0.0304. The van der Waals surface area contributed by atoms with Gasteiger partial charge in [-0.3, -0.25) is 0 Å². The molecule has 126 valence electrons. The van der Waals surface area contributed by atoms with E-state index in [-0.39, 0.29) is 17.6 Å². The van der Waals surface area contributed by atoms with Crippen molar-refractivity contribution in [3.05, 3.63) is 24.0 Å². The largest absolute Gasteiger partial charge is 0.368 e. The number of aryl methyl sites for hydroxylation is 1. The minimum absolute atomic E-state index is 0.0304. The molecule has 23 heavy (non-hydrogen) atoms. The first kappa shape index (κ1) is 16.4. The Morgan fingerprint density at radius 2 is 2.26 bits per heavy atom. The van der Waals surface area contributed by atoms with E-state index in [0.29, 0.717) is 0 Å². The summed E-state index contributed by atoms with van der Waals surface area (Å²) in [6.07, 6.45) is 5.90. The van der Waals surface area contributed by atoms with Crippen molar-refractivity contribution in [1.82, 2.24) is 18.9 Å². The van der Waals surface area contributed by atoms with Gasteiger partial charge in [-0.25, -0.2) is 9.97 Å². The molecule has 0 unspecified atom stereocenters. The molecule has 2 atom stereocenters. The number of anilines is 1. The maximum Gasteiger partial charge on any atom is 0.202 e. The van der Waals surface area contributed by atoms with E-state index in [1.165, 1.54) is 11.5 Å². The van der Waals surface area contributed by atoms with E-state index in [4.69, 9.17) is 4.74 Å². The van der Waals surface area contributed by atoms with Crippen molar-refractivity contribution >= 4 is 16.7 Å². The van der Waals surface area contributed by atoms with Crippen LogP contribution in [-0.2, 0) is 16.7 Å². The zero-order chi connectivity index (χ0) is 16.4. The molecule has 3 heterocycles. The van der Waals surface area contributed by atoms with Gasteiger partial charge in [0.1, 0.15) is 17.8 Å². The Morgan fingerprint density at radius 3 is 2.96 bits per heavy atom. The zero-order valence-corrected chi connectivity index (χ0v) is 15.1. The lowest BCUT2D eigenvalue weighted by molar-refractivity contribution is -0.00169. The molecular weight excluding hydrogens is 310 g/mol. The molecule has 7 heteroatoms. The number of aromatic nitrogens is 4. The molecule has 1 N–H and O–H groups in total. The lowest BCUT2D eigenvalue weighted by atomic mass is 9.96. The quantitative estimate of drug-likeness (QED) is 0.928. The smallest absolute Gasteiger partial charge is 0.202 e. The predicted octanol–water partition coefficient (Wildman–Crippen LogP) is 3.38. The van der Waals surface area contributed by atoms with E-state index in [1.54, 1.807) is 0 Å². The molecule has 2 aromatic heterocycles. The van der Waals surface area contributed by atoms with Crippen LogP contribution in [0.3, 0.4) is 0 Å². The molecule has 0 radical (unpaired) electrons. The summed E-state index contributed by atoms with van der Waals surface area (Å²) in [6.45, 7) is 10.2. The molecule has 1 fully saturated rings. The molecule has 0 saturated carbocycles. The fraction of sp³-hybridized carbons (Fsp3) is 0.688. The zero-order valence-electron chi connectivity index (χ0n) is 14.2. The Labute approximate surface area is 141 Å². The third kappa shape index (κ3) is 3.55. The topological polar surface area (TPSA) is 64.9 Å². The van der Waals surface area contributed by atoms with Crippen LogP contribution in [0, 0.1) is 0 Å². The molecular formula is C16H25N5OS. The fourth-order valence-corrected chi connectivity index (χ4v) is 3.59. The Bertz CT molecular complexity index is 645. The Hall–Kier alpha value is -1.47. The van der Waals surface area contributed by atoms with Gasteiger partial charge in [0.25, 0.3) is 0 Å². The Kier molecular flexibility index (Phi) is 4.68. The van der Waals surface area contributed by atoms with Crippen LogP contribution in [0.1, 0.15) is 58.3 Å². The molecule has 0 aliphatic carbocycles. The summed E-state index contributed by atoms with van der Waals surface area (Å²) >= 11 is 1.42. The molecule has 0 amide bonds. The maximum atomic E-state index is 6.03. The molecule has 1 saturated heterocycles. The number of nitrogens with zero attached hydrogens (tertiary/aromatic N) is 4. The minimum Gasteiger partial charge on any atom is -0.368 e. The Morgan fingerprint density at radius 1 is 1.43 bits per heavy atom. The summed E-state index contributed by atoms with van der Waals surface area (Å²) in [4.78, 5) is 9.16. The van der Waals surface area contributed by atoms with Crippen LogP contribution in [0.4, 0.5) is 5.13 Å². The highest BCUT2D eigenvalue weighted by Gasteiger charge is 2.31. The maximum absolute atomic E-state index is 6.03. The van der Waals surface area contributed by atoms with Crippen LogP contribution in [0.25, 0.3) is 0 Å². The Balaban J connectivity index is 1.78. The highest BCUT2D eigenvalue weighted by atomic mass is 32.1. The van der Waals surface area contributed by atoms with Gasteiger partial charge in [0, 0.05) is 42.5 Å². The van der Waals surface area contributed by atoms with E-state index in [9.17, 15) is 0 Å². The number of hydrogen-bond acceptors (Lipinski definition) is 6. The van der Waals surface area contributed by atoms with Crippen molar-refractivity contribution < 1.29 is 4.74 Å². The SMILES string of the molecule is CCn1ccnc1[C@H]1OCCC[C@@H]1Nc1nc(C(C)(C)C)ns1. The second kappa shape index (κ2) is 6.57. The van der Waals surface area contributed by atoms with Crippen LogP contribution in [0.5, 0.6) is 0 Å². The second-order valence-electron chi connectivity index (χ2n) is 6.93. The van der Waals surface area contributed by atoms with Crippen LogP contribution < -0.4 is 5.32 Å². The lowest BCUT2D eigenvalue weighted by Gasteiger charge is -2.32. The third-order valence-electron chi connectivity index (χ3n) is 4.07. The predicted molar refractivity (Wildman–Crippen MR) is 91.8 cm³/mol. The van der Waals surface area contributed by atoms with Crippen LogP contribution in [0.15, 0.2) is 12.4 Å². The summed E-state index contributed by atoms with van der Waals surface area (Å²) < 4.78 is 12.7. The van der Waals surface area contributed by atoms with Crippen LogP contribution in [-0.4, -0.2) is 31.6 Å². The average Bonchev–Trinajstić information content (AvgIpc) is 3.16. The molecule has 1 aliphatic heterocycles. The van der Waals surface area contributed by atoms with Crippen molar-refractivity contribution in [3.8, 4) is 0 Å². The fourth-order valence-electron chi connectivity index (χ4n) is 2.77. The minimum atomic E-state index is -0.0410. The first-order valence-corrected chi connectivity index (χ1v) is 8.99. The number of hydrogen-bond donors (Lipinski definition) is 1. The van der Waals surface area contributed by atoms with Crippen molar-refractivity contribution in [2.24, 2.45) is 0 Å². The number of rotatable bonds is 4. The van der Waals surface area contributed by atoms with Crippen molar-refractivity contribution in [2.45, 2.75) is 64.6 Å². The highest BCUT2D eigenvalue weighted by molar-refractivity contribution is 7.09. The normalized spacial score (nSPS) is 22.3. The summed E-state index contributed by atoms with van der Waals surface area (Å²) in [5.74, 6) is 1.87. The molecule has 0 aromatic carbocycles. The average molecular weight is 335 g/mol. The standard InChI is InChI=1S/C16H25N5OS/c1-5-21-9-8-17-13(21)12-11(7-6-10-22-12)18-15-19-14(20-23-15)16(2,3)4/h8-9,11-12H,5-7,10H2,1-4H3,(H,18,19,20)/t11-,12-/m0/s1. The lowest BCUT2D eigenvalue weighted by Crippen LogP contribution is -2.35. The number of imidazole rings is 1. The number of nitrogens with one attached hydrogen (secondary N) is 1. The first-order chi connectivity index (χ1) is 11.0. The van der Waals surface area contributed by atoms with Crippen molar-refractivity contribution in [2.75, 3.05) is 11.9 Å². The molecule has 6 nitrogen and oxygen atoms in total. The summed E-state index contributed by atoms with van der Waals surface area (Å²) in [6, 6.07) is 0.178. The summed E-state index contributed by atoms with van der Waals surface area (Å²) in [7, 11) is 0. The van der Waals surface area contributed by atoms with Gasteiger partial charge in [0.2, 0.25) is 5.13 Å². The number of ether oxygens (including phenoxy) is 1. The van der Waals surface area contributed by atoms with Gasteiger partial charge in [-0.15, -0.1) is 0 Å². The van der Waals surface area contributed by atoms with Gasteiger partial charge < -0.3 is 14.6 Å². The van der Waals surface area contributed by atoms with Gasteiger partial charge in [-0.2, -0.15) is 4.37 Å². The second-order valence-corrected chi connectivity index (χ2v) is 7.68. The van der Waals surface area contributed by atoms with Crippen LogP contribution in [0.2, 0.25) is 0 Å². The van der Waals surface area contributed by atoms with Crippen molar-refractivity contribution in [1.29, 1.82) is 0 Å². The molecule has 3 rings (SSSR count). The molecule has 0 bridgehead atoms. The monoisotopic (exact) mass is 335 g/mol. The molecule has 2 aromatic rings. The van der Waals surface area contributed by atoms with E-state index >= 15 is 0 Å². The molecule has 1 aliphatic rings. The van der Waals surface area contributed by atoms with E-state index in [1.807, 2.05) is 12.4 Å². The first-order valence-electron chi connectivity index (χ1n) is 8.22. The van der Waals surface area contributed by atoms with Crippen molar-refractivity contribution in [3.63, 3.8) is 0 Å².